The number of nitrogens with zero attached hydrogens (tertiary/aromatic N) is 1. The second-order valence-corrected chi connectivity index (χ2v) is 7.33. The van der Waals surface area contributed by atoms with E-state index in [1.807, 2.05) is 11.3 Å². The normalized spacial score (nSPS) is 19.2. The molecule has 0 atom stereocenters. The van der Waals surface area contributed by atoms with Crippen molar-refractivity contribution in [1.29, 1.82) is 0 Å². The van der Waals surface area contributed by atoms with Crippen LogP contribution in [0.2, 0.25) is 0 Å². The van der Waals surface area contributed by atoms with E-state index < -0.39 is 0 Å². The first kappa shape index (κ1) is 15.0. The number of hydrogen-bond donors (Lipinski definition) is 1. The summed E-state index contributed by atoms with van der Waals surface area (Å²) in [5.41, 5.74) is 0.153. The van der Waals surface area contributed by atoms with Crippen molar-refractivity contribution in [2.75, 3.05) is 13.2 Å². The average Bonchev–Trinajstić information content (AvgIpc) is 2.92. The van der Waals surface area contributed by atoms with Gasteiger partial charge in [0.2, 0.25) is 0 Å². The van der Waals surface area contributed by atoms with Gasteiger partial charge in [0, 0.05) is 36.0 Å². The van der Waals surface area contributed by atoms with Crippen LogP contribution in [0.3, 0.4) is 0 Å². The van der Waals surface area contributed by atoms with Crippen molar-refractivity contribution >= 4 is 11.3 Å². The summed E-state index contributed by atoms with van der Waals surface area (Å²) in [6, 6.07) is 4.88. The maximum absolute atomic E-state index is 9.87. The number of rotatable bonds is 6. The maximum Gasteiger partial charge on any atom is 0.0499 e. The van der Waals surface area contributed by atoms with Crippen LogP contribution in [-0.2, 0) is 6.54 Å². The predicted molar refractivity (Wildman–Crippen MR) is 82.5 cm³/mol. The van der Waals surface area contributed by atoms with E-state index in [4.69, 9.17) is 0 Å². The standard InChI is InChI=1S/C16H27NOS/c1-14(2)17(11-15-7-6-10-19-15)12-16(13-18)8-4-3-5-9-16/h6-7,10,14,18H,3-5,8-9,11-13H2,1-2H3. The van der Waals surface area contributed by atoms with Crippen LogP contribution < -0.4 is 0 Å². The molecule has 1 N–H and O–H groups in total. The smallest absolute Gasteiger partial charge is 0.0499 e. The molecule has 2 rings (SSSR count). The molecule has 1 heterocycles. The van der Waals surface area contributed by atoms with Gasteiger partial charge in [-0.2, -0.15) is 0 Å². The third-order valence-electron chi connectivity index (χ3n) is 4.46. The molecule has 1 aliphatic rings. The van der Waals surface area contributed by atoms with Crippen molar-refractivity contribution in [3.05, 3.63) is 22.4 Å². The third-order valence-corrected chi connectivity index (χ3v) is 5.32. The van der Waals surface area contributed by atoms with E-state index in [1.165, 1.54) is 37.0 Å². The molecule has 0 amide bonds. The van der Waals surface area contributed by atoms with E-state index in [0.717, 1.165) is 13.1 Å². The van der Waals surface area contributed by atoms with Crippen molar-refractivity contribution in [2.45, 2.75) is 58.5 Å². The Labute approximate surface area is 121 Å². The molecule has 0 aliphatic heterocycles. The SMILES string of the molecule is CC(C)N(Cc1cccs1)CC1(CO)CCCCC1. The molecule has 0 saturated heterocycles. The van der Waals surface area contributed by atoms with Gasteiger partial charge in [0.15, 0.2) is 0 Å². The molecular weight excluding hydrogens is 254 g/mol. The highest BCUT2D eigenvalue weighted by atomic mass is 32.1. The number of aliphatic hydroxyl groups is 1. The number of hydrogen-bond acceptors (Lipinski definition) is 3. The van der Waals surface area contributed by atoms with E-state index >= 15 is 0 Å². The molecule has 0 spiro atoms. The minimum Gasteiger partial charge on any atom is -0.396 e. The number of aliphatic hydroxyl groups excluding tert-OH is 1. The van der Waals surface area contributed by atoms with Crippen LogP contribution in [0.15, 0.2) is 17.5 Å². The topological polar surface area (TPSA) is 23.5 Å². The lowest BCUT2D eigenvalue weighted by molar-refractivity contribution is 0.0272. The van der Waals surface area contributed by atoms with E-state index in [2.05, 4.69) is 36.3 Å². The van der Waals surface area contributed by atoms with Gasteiger partial charge in [-0.05, 0) is 38.1 Å². The predicted octanol–water partition coefficient (Wildman–Crippen LogP) is 3.90. The van der Waals surface area contributed by atoms with Crippen LogP contribution in [-0.4, -0.2) is 29.2 Å². The van der Waals surface area contributed by atoms with Crippen LogP contribution in [0.1, 0.15) is 50.8 Å². The largest absolute Gasteiger partial charge is 0.396 e. The minimum absolute atomic E-state index is 0.153. The second-order valence-electron chi connectivity index (χ2n) is 6.30. The van der Waals surface area contributed by atoms with Crippen LogP contribution in [0, 0.1) is 5.41 Å². The van der Waals surface area contributed by atoms with Crippen LogP contribution in [0.25, 0.3) is 0 Å². The number of thiophene rings is 1. The molecule has 0 bridgehead atoms. The van der Waals surface area contributed by atoms with Gasteiger partial charge in [-0.25, -0.2) is 0 Å². The molecule has 0 aromatic carbocycles. The fourth-order valence-corrected chi connectivity index (χ4v) is 3.85. The summed E-state index contributed by atoms with van der Waals surface area (Å²) in [5.74, 6) is 0. The van der Waals surface area contributed by atoms with Crippen LogP contribution in [0.4, 0.5) is 0 Å². The molecule has 1 fully saturated rings. The Morgan fingerprint density at radius 3 is 2.58 bits per heavy atom. The molecule has 1 aromatic rings. The fourth-order valence-electron chi connectivity index (χ4n) is 3.12. The Morgan fingerprint density at radius 2 is 2.05 bits per heavy atom. The third kappa shape index (κ3) is 4.04. The highest BCUT2D eigenvalue weighted by Crippen LogP contribution is 2.37. The zero-order chi connectivity index (χ0) is 13.7. The first-order chi connectivity index (χ1) is 9.15. The molecule has 1 aromatic heterocycles. The van der Waals surface area contributed by atoms with Gasteiger partial charge in [0.25, 0.3) is 0 Å². The molecule has 108 valence electrons. The van der Waals surface area contributed by atoms with Gasteiger partial charge in [-0.1, -0.05) is 25.3 Å². The van der Waals surface area contributed by atoms with Gasteiger partial charge >= 0.3 is 0 Å². The van der Waals surface area contributed by atoms with E-state index in [1.54, 1.807) is 0 Å². The summed E-state index contributed by atoms with van der Waals surface area (Å²) in [4.78, 5) is 3.96. The van der Waals surface area contributed by atoms with Crippen molar-refractivity contribution in [1.82, 2.24) is 4.90 Å². The van der Waals surface area contributed by atoms with Crippen molar-refractivity contribution in [2.24, 2.45) is 5.41 Å². The van der Waals surface area contributed by atoms with Gasteiger partial charge < -0.3 is 5.11 Å². The van der Waals surface area contributed by atoms with Gasteiger partial charge in [-0.15, -0.1) is 11.3 Å². The summed E-state index contributed by atoms with van der Waals surface area (Å²) in [6.45, 7) is 6.94. The zero-order valence-electron chi connectivity index (χ0n) is 12.3. The Balaban J connectivity index is 2.02. The van der Waals surface area contributed by atoms with E-state index in [0.29, 0.717) is 12.6 Å². The van der Waals surface area contributed by atoms with E-state index in [9.17, 15) is 5.11 Å². The lowest BCUT2D eigenvalue weighted by atomic mass is 9.74. The molecule has 0 radical (unpaired) electrons. The fraction of sp³-hybridized carbons (Fsp3) is 0.750. The zero-order valence-corrected chi connectivity index (χ0v) is 13.1. The van der Waals surface area contributed by atoms with Crippen molar-refractivity contribution in [3.8, 4) is 0 Å². The van der Waals surface area contributed by atoms with Crippen LogP contribution >= 0.6 is 11.3 Å². The highest BCUT2D eigenvalue weighted by Gasteiger charge is 2.34. The summed E-state index contributed by atoms with van der Waals surface area (Å²) < 4.78 is 0. The maximum atomic E-state index is 9.87. The quantitative estimate of drug-likeness (QED) is 0.855. The molecule has 19 heavy (non-hydrogen) atoms. The summed E-state index contributed by atoms with van der Waals surface area (Å²) in [5, 5.41) is 12.0. The molecule has 1 saturated carbocycles. The minimum atomic E-state index is 0.153. The first-order valence-electron chi connectivity index (χ1n) is 7.52. The Bertz CT molecular complexity index is 355. The summed E-state index contributed by atoms with van der Waals surface area (Å²) >= 11 is 1.83. The Morgan fingerprint density at radius 1 is 1.32 bits per heavy atom. The molecule has 0 unspecified atom stereocenters. The lowest BCUT2D eigenvalue weighted by Crippen LogP contribution is -2.44. The molecule has 2 nitrogen and oxygen atoms in total. The molecule has 3 heteroatoms. The average molecular weight is 281 g/mol. The van der Waals surface area contributed by atoms with Gasteiger partial charge in [0.1, 0.15) is 0 Å². The van der Waals surface area contributed by atoms with Crippen molar-refractivity contribution in [3.63, 3.8) is 0 Å². The lowest BCUT2D eigenvalue weighted by Gasteiger charge is -2.41. The first-order valence-corrected chi connectivity index (χ1v) is 8.40. The monoisotopic (exact) mass is 281 g/mol. The second kappa shape index (κ2) is 6.87. The summed E-state index contributed by atoms with van der Waals surface area (Å²) in [6.07, 6.45) is 6.29. The Hall–Kier alpha value is -0.380. The molecule has 1 aliphatic carbocycles. The van der Waals surface area contributed by atoms with Gasteiger partial charge in [-0.3, -0.25) is 4.90 Å². The Kier molecular flexibility index (Phi) is 5.43. The van der Waals surface area contributed by atoms with Gasteiger partial charge in [0.05, 0.1) is 0 Å². The van der Waals surface area contributed by atoms with Crippen LogP contribution in [0.5, 0.6) is 0 Å². The molecular formula is C16H27NOS. The van der Waals surface area contributed by atoms with Crippen molar-refractivity contribution < 1.29 is 5.11 Å². The highest BCUT2D eigenvalue weighted by molar-refractivity contribution is 7.09. The summed E-state index contributed by atoms with van der Waals surface area (Å²) in [7, 11) is 0. The van der Waals surface area contributed by atoms with E-state index in [-0.39, 0.29) is 5.41 Å².